The minimum atomic E-state index is -3.91. The summed E-state index contributed by atoms with van der Waals surface area (Å²) in [6, 6.07) is 0. The molecule has 1 aliphatic rings. The fraction of sp³-hybridized carbons (Fsp3) is 0.500. The van der Waals surface area contributed by atoms with Crippen molar-refractivity contribution in [2.45, 2.75) is 5.25 Å². The lowest BCUT2D eigenvalue weighted by atomic mass is 10.5. The molecule has 0 aromatic rings. The standard InChI is InChI=1S/C8H12O6S3/c1-15(9,10)6-4-5-7(16(2,11)12)8(6)17(3,13)14/h4-6H,1-3H3. The van der Waals surface area contributed by atoms with Crippen LogP contribution in [0.2, 0.25) is 0 Å². The van der Waals surface area contributed by atoms with Crippen molar-refractivity contribution in [3.63, 3.8) is 0 Å². The lowest BCUT2D eigenvalue weighted by Gasteiger charge is -2.11. The van der Waals surface area contributed by atoms with Gasteiger partial charge in [0.25, 0.3) is 0 Å². The van der Waals surface area contributed by atoms with Gasteiger partial charge in [0.1, 0.15) is 5.25 Å². The zero-order valence-corrected chi connectivity index (χ0v) is 11.9. The Balaban J connectivity index is 3.71. The molecule has 0 saturated heterocycles. The summed E-state index contributed by atoms with van der Waals surface area (Å²) in [5.74, 6) is 0. The maximum Gasteiger partial charge on any atom is 0.176 e. The highest BCUT2D eigenvalue weighted by Gasteiger charge is 2.38. The first kappa shape index (κ1) is 14.4. The fourth-order valence-corrected chi connectivity index (χ4v) is 6.19. The van der Waals surface area contributed by atoms with Gasteiger partial charge in [0, 0.05) is 18.8 Å². The number of rotatable bonds is 3. The number of sulfone groups is 3. The van der Waals surface area contributed by atoms with Gasteiger partial charge in [-0.1, -0.05) is 6.08 Å². The summed E-state index contributed by atoms with van der Waals surface area (Å²) in [5, 5.41) is -1.41. The van der Waals surface area contributed by atoms with Crippen LogP contribution in [0.3, 0.4) is 0 Å². The van der Waals surface area contributed by atoms with Gasteiger partial charge in [0.15, 0.2) is 29.5 Å². The van der Waals surface area contributed by atoms with E-state index in [2.05, 4.69) is 0 Å². The van der Waals surface area contributed by atoms with Crippen molar-refractivity contribution in [2.75, 3.05) is 18.8 Å². The highest BCUT2D eigenvalue weighted by atomic mass is 32.2. The molecule has 0 aromatic carbocycles. The predicted molar refractivity (Wildman–Crippen MR) is 64.5 cm³/mol. The second-order valence-electron chi connectivity index (χ2n) is 3.88. The van der Waals surface area contributed by atoms with E-state index in [1.54, 1.807) is 0 Å². The minimum Gasteiger partial charge on any atom is -0.228 e. The Labute approximate surface area is 101 Å². The van der Waals surface area contributed by atoms with Gasteiger partial charge in [0.2, 0.25) is 0 Å². The van der Waals surface area contributed by atoms with E-state index in [9.17, 15) is 25.3 Å². The third-order valence-corrected chi connectivity index (χ3v) is 6.21. The zero-order valence-electron chi connectivity index (χ0n) is 9.41. The smallest absolute Gasteiger partial charge is 0.176 e. The summed E-state index contributed by atoms with van der Waals surface area (Å²) in [5.41, 5.74) is 0. The summed E-state index contributed by atoms with van der Waals surface area (Å²) < 4.78 is 68.7. The van der Waals surface area contributed by atoms with E-state index < -0.39 is 44.6 Å². The largest absolute Gasteiger partial charge is 0.228 e. The van der Waals surface area contributed by atoms with Crippen LogP contribution >= 0.6 is 0 Å². The molecule has 0 radical (unpaired) electrons. The molecule has 0 fully saturated rings. The Kier molecular flexibility index (Phi) is 3.32. The van der Waals surface area contributed by atoms with Crippen LogP contribution in [0.25, 0.3) is 0 Å². The quantitative estimate of drug-likeness (QED) is 0.681. The lowest BCUT2D eigenvalue weighted by Crippen LogP contribution is -2.24. The van der Waals surface area contributed by atoms with E-state index in [-0.39, 0.29) is 0 Å². The predicted octanol–water partition coefficient (Wildman–Crippen LogP) is -0.730. The number of hydrogen-bond donors (Lipinski definition) is 0. The molecular formula is C8H12O6S3. The molecule has 1 atom stereocenters. The third-order valence-electron chi connectivity index (χ3n) is 2.18. The van der Waals surface area contributed by atoms with E-state index >= 15 is 0 Å². The highest BCUT2D eigenvalue weighted by Crippen LogP contribution is 2.31. The van der Waals surface area contributed by atoms with Gasteiger partial charge in [0.05, 0.1) is 9.81 Å². The zero-order chi connectivity index (χ0) is 13.6. The van der Waals surface area contributed by atoms with Gasteiger partial charge in [-0.25, -0.2) is 25.3 Å². The molecule has 1 rings (SSSR count). The van der Waals surface area contributed by atoms with Crippen molar-refractivity contribution in [1.82, 2.24) is 0 Å². The lowest BCUT2D eigenvalue weighted by molar-refractivity contribution is 0.593. The minimum absolute atomic E-state index is 0.449. The normalized spacial score (nSPS) is 22.2. The van der Waals surface area contributed by atoms with Gasteiger partial charge < -0.3 is 0 Å². The van der Waals surface area contributed by atoms with Gasteiger partial charge in [-0.05, 0) is 6.08 Å². The van der Waals surface area contributed by atoms with E-state index in [1.165, 1.54) is 0 Å². The van der Waals surface area contributed by atoms with Crippen LogP contribution < -0.4 is 0 Å². The van der Waals surface area contributed by atoms with Gasteiger partial charge in [-0.15, -0.1) is 0 Å². The Morgan fingerprint density at radius 3 is 1.65 bits per heavy atom. The molecule has 9 heteroatoms. The van der Waals surface area contributed by atoms with Crippen molar-refractivity contribution in [2.24, 2.45) is 0 Å². The molecule has 0 saturated carbocycles. The second kappa shape index (κ2) is 3.92. The Morgan fingerprint density at radius 2 is 1.35 bits per heavy atom. The van der Waals surface area contributed by atoms with Crippen molar-refractivity contribution < 1.29 is 25.3 Å². The van der Waals surface area contributed by atoms with Crippen molar-refractivity contribution in [3.8, 4) is 0 Å². The highest BCUT2D eigenvalue weighted by molar-refractivity contribution is 8.00. The Morgan fingerprint density at radius 1 is 0.882 bits per heavy atom. The number of allylic oxidation sites excluding steroid dienone is 1. The van der Waals surface area contributed by atoms with Crippen LogP contribution in [-0.4, -0.2) is 49.3 Å². The molecule has 98 valence electrons. The molecule has 0 N–H and O–H groups in total. The molecule has 6 nitrogen and oxygen atoms in total. The Hall–Kier alpha value is -0.670. The topological polar surface area (TPSA) is 102 Å². The van der Waals surface area contributed by atoms with Gasteiger partial charge >= 0.3 is 0 Å². The molecule has 1 unspecified atom stereocenters. The third kappa shape index (κ3) is 2.96. The summed E-state index contributed by atoms with van der Waals surface area (Å²) in [6.07, 6.45) is 4.58. The maximum absolute atomic E-state index is 11.5. The molecule has 0 amide bonds. The molecule has 0 heterocycles. The van der Waals surface area contributed by atoms with Crippen LogP contribution in [0.4, 0.5) is 0 Å². The van der Waals surface area contributed by atoms with Crippen LogP contribution in [0.15, 0.2) is 22.0 Å². The van der Waals surface area contributed by atoms with E-state index in [4.69, 9.17) is 0 Å². The first-order chi connectivity index (χ1) is 7.35. The molecule has 0 bridgehead atoms. The van der Waals surface area contributed by atoms with Crippen molar-refractivity contribution in [3.05, 3.63) is 22.0 Å². The summed E-state index contributed by atoms with van der Waals surface area (Å²) >= 11 is 0. The maximum atomic E-state index is 11.5. The van der Waals surface area contributed by atoms with Crippen molar-refractivity contribution >= 4 is 29.5 Å². The van der Waals surface area contributed by atoms with Crippen molar-refractivity contribution in [1.29, 1.82) is 0 Å². The Bertz CT molecular complexity index is 703. The molecule has 0 spiro atoms. The monoisotopic (exact) mass is 300 g/mol. The molecular weight excluding hydrogens is 288 g/mol. The average molecular weight is 300 g/mol. The molecule has 17 heavy (non-hydrogen) atoms. The molecule has 0 aliphatic heterocycles. The summed E-state index contributed by atoms with van der Waals surface area (Å²) in [6.45, 7) is 0. The fourth-order valence-electron chi connectivity index (χ4n) is 1.52. The molecule has 1 aliphatic carbocycles. The van der Waals surface area contributed by atoms with E-state index in [1.807, 2.05) is 0 Å². The van der Waals surface area contributed by atoms with Gasteiger partial charge in [-0.3, -0.25) is 0 Å². The first-order valence-corrected chi connectivity index (χ1v) is 10.1. The average Bonchev–Trinajstić information content (AvgIpc) is 2.42. The summed E-state index contributed by atoms with van der Waals surface area (Å²) in [7, 11) is -11.4. The number of hydrogen-bond acceptors (Lipinski definition) is 6. The van der Waals surface area contributed by atoms with Crippen LogP contribution in [0, 0.1) is 0 Å². The first-order valence-electron chi connectivity index (χ1n) is 4.36. The van der Waals surface area contributed by atoms with Crippen LogP contribution in [-0.2, 0) is 29.5 Å². The second-order valence-corrected chi connectivity index (χ2v) is 10.0. The van der Waals surface area contributed by atoms with E-state index in [0.717, 1.165) is 30.9 Å². The SMILES string of the molecule is CS(=O)(=O)C1=C(S(C)(=O)=O)C(S(C)(=O)=O)C=C1. The summed E-state index contributed by atoms with van der Waals surface area (Å²) in [4.78, 5) is -1.02. The molecule has 0 aromatic heterocycles. The van der Waals surface area contributed by atoms with Crippen LogP contribution in [0.5, 0.6) is 0 Å². The van der Waals surface area contributed by atoms with Crippen LogP contribution in [0.1, 0.15) is 0 Å². The van der Waals surface area contributed by atoms with E-state index in [0.29, 0.717) is 0 Å². The van der Waals surface area contributed by atoms with Gasteiger partial charge in [-0.2, -0.15) is 0 Å².